The Kier molecular flexibility index (Phi) is 7.21. The smallest absolute Gasteiger partial charge is 0.306 e. The van der Waals surface area contributed by atoms with E-state index in [0.717, 1.165) is 35.2 Å². The lowest BCUT2D eigenvalue weighted by Crippen LogP contribution is -2.37. The molecule has 3 aliphatic rings. The molecule has 9 nitrogen and oxygen atoms in total. The molecule has 3 aromatic rings. The number of thiophene rings is 1. The minimum absolute atomic E-state index is 0.330. The molecule has 0 radical (unpaired) electrons. The number of aliphatic carboxylic acids is 1. The van der Waals surface area contributed by atoms with Gasteiger partial charge < -0.3 is 20.2 Å². The van der Waals surface area contributed by atoms with Crippen LogP contribution in [0.25, 0.3) is 10.6 Å². The van der Waals surface area contributed by atoms with Crippen LogP contribution in [-0.2, 0) is 4.79 Å². The van der Waals surface area contributed by atoms with Gasteiger partial charge in [0, 0.05) is 43.8 Å². The second kappa shape index (κ2) is 10.6. The fourth-order valence-corrected chi connectivity index (χ4v) is 7.90. The second-order valence-electron chi connectivity index (χ2n) is 9.90. The fourth-order valence-electron chi connectivity index (χ4n) is 5.49. The standard InChI is InChI=1S/C25H26Cl2N6O3S2/c26-16-8-19(37-12-16)20-23(33-10-14-1-4-28-18(14)11-33)38-25(30-20)31-22(34)15-7-17(27)21(29-9-15)32-5-2-13(3-6-32)24(35)36/h7-9,12-14,18,28H,1-6,10-11H2,(H,35,36)(H,30,31,34). The molecular weight excluding hydrogens is 567 g/mol. The molecule has 200 valence electrons. The largest absolute Gasteiger partial charge is 0.481 e. The lowest BCUT2D eigenvalue weighted by Gasteiger charge is -2.31. The van der Waals surface area contributed by atoms with Gasteiger partial charge in [0.2, 0.25) is 0 Å². The van der Waals surface area contributed by atoms with E-state index in [4.69, 9.17) is 28.2 Å². The van der Waals surface area contributed by atoms with E-state index in [-0.39, 0.29) is 11.8 Å². The third-order valence-electron chi connectivity index (χ3n) is 7.51. The highest BCUT2D eigenvalue weighted by molar-refractivity contribution is 7.21. The van der Waals surface area contributed by atoms with Crippen LogP contribution in [0.3, 0.4) is 0 Å². The summed E-state index contributed by atoms with van der Waals surface area (Å²) in [6, 6.07) is 3.99. The molecule has 6 rings (SSSR count). The average molecular weight is 594 g/mol. The summed E-state index contributed by atoms with van der Waals surface area (Å²) >= 11 is 15.7. The summed E-state index contributed by atoms with van der Waals surface area (Å²) in [7, 11) is 0. The number of nitrogens with zero attached hydrogens (tertiary/aromatic N) is 4. The molecule has 6 heterocycles. The fraction of sp³-hybridized carbons (Fsp3) is 0.440. The third kappa shape index (κ3) is 5.10. The zero-order chi connectivity index (χ0) is 26.4. The van der Waals surface area contributed by atoms with E-state index in [0.29, 0.717) is 64.4 Å². The highest BCUT2D eigenvalue weighted by Gasteiger charge is 2.38. The summed E-state index contributed by atoms with van der Waals surface area (Å²) in [6.45, 7) is 4.05. The Balaban J connectivity index is 1.20. The molecule has 0 spiro atoms. The lowest BCUT2D eigenvalue weighted by molar-refractivity contribution is -0.142. The maximum absolute atomic E-state index is 13.1. The van der Waals surface area contributed by atoms with Crippen LogP contribution in [0.15, 0.2) is 23.7 Å². The molecule has 3 fully saturated rings. The molecule has 3 saturated heterocycles. The van der Waals surface area contributed by atoms with Crippen molar-refractivity contribution < 1.29 is 14.7 Å². The molecule has 13 heteroatoms. The SMILES string of the molecule is O=C(Nc1nc(-c2cc(Cl)cs2)c(N2CC3CCNC3C2)s1)c1cnc(N2CCC(C(=O)O)CC2)c(Cl)c1. The number of carbonyl (C=O) groups excluding carboxylic acids is 1. The Morgan fingerprint density at radius 3 is 2.63 bits per heavy atom. The molecule has 1 amide bonds. The molecule has 0 saturated carbocycles. The molecular formula is C25H26Cl2N6O3S2. The Morgan fingerprint density at radius 1 is 1.13 bits per heavy atom. The molecule has 2 atom stereocenters. The van der Waals surface area contributed by atoms with Crippen LogP contribution in [-0.4, -0.2) is 65.7 Å². The highest BCUT2D eigenvalue weighted by Crippen LogP contribution is 2.44. The van der Waals surface area contributed by atoms with Crippen molar-refractivity contribution in [1.29, 1.82) is 0 Å². The summed E-state index contributed by atoms with van der Waals surface area (Å²) in [5.41, 5.74) is 1.16. The van der Waals surface area contributed by atoms with Gasteiger partial charge in [0.25, 0.3) is 5.91 Å². The van der Waals surface area contributed by atoms with Crippen LogP contribution >= 0.6 is 45.9 Å². The summed E-state index contributed by atoms with van der Waals surface area (Å²) in [6.07, 6.45) is 3.75. The first kappa shape index (κ1) is 25.8. The van der Waals surface area contributed by atoms with Gasteiger partial charge in [-0.15, -0.1) is 11.3 Å². The first-order valence-electron chi connectivity index (χ1n) is 12.5. The van der Waals surface area contributed by atoms with Crippen molar-refractivity contribution >= 4 is 73.7 Å². The number of nitrogens with one attached hydrogen (secondary N) is 2. The predicted octanol–water partition coefficient (Wildman–Crippen LogP) is 4.92. The molecule has 2 unspecified atom stereocenters. The van der Waals surface area contributed by atoms with Crippen molar-refractivity contribution in [3.63, 3.8) is 0 Å². The van der Waals surface area contributed by atoms with Gasteiger partial charge in [0.1, 0.15) is 16.5 Å². The summed E-state index contributed by atoms with van der Waals surface area (Å²) in [4.78, 5) is 38.9. The van der Waals surface area contributed by atoms with Crippen molar-refractivity contribution in [3.05, 3.63) is 39.3 Å². The number of piperidine rings is 1. The Labute approximate surface area is 237 Å². The van der Waals surface area contributed by atoms with Crippen molar-refractivity contribution in [2.75, 3.05) is 47.8 Å². The third-order valence-corrected chi connectivity index (χ3v) is 10.1. The van der Waals surface area contributed by atoms with Gasteiger partial charge in [-0.2, -0.15) is 0 Å². The first-order valence-corrected chi connectivity index (χ1v) is 15.0. The predicted molar refractivity (Wildman–Crippen MR) is 152 cm³/mol. The summed E-state index contributed by atoms with van der Waals surface area (Å²) in [5.74, 6) is -0.266. The van der Waals surface area contributed by atoms with Crippen molar-refractivity contribution in [1.82, 2.24) is 15.3 Å². The molecule has 0 bridgehead atoms. The van der Waals surface area contributed by atoms with Gasteiger partial charge in [-0.1, -0.05) is 34.5 Å². The van der Waals surface area contributed by atoms with Gasteiger partial charge in [-0.3, -0.25) is 14.9 Å². The van der Waals surface area contributed by atoms with Crippen molar-refractivity contribution in [3.8, 4) is 10.6 Å². The molecule has 38 heavy (non-hydrogen) atoms. The number of carboxylic acid groups (broad SMARTS) is 1. The summed E-state index contributed by atoms with van der Waals surface area (Å²) < 4.78 is 0. The van der Waals surface area contributed by atoms with E-state index in [1.165, 1.54) is 35.3 Å². The Bertz CT molecular complexity index is 1360. The first-order chi connectivity index (χ1) is 18.4. The van der Waals surface area contributed by atoms with Gasteiger partial charge in [0.15, 0.2) is 5.13 Å². The average Bonchev–Trinajstić information content (AvgIpc) is 3.68. The van der Waals surface area contributed by atoms with E-state index in [1.807, 2.05) is 16.3 Å². The number of hydrogen-bond acceptors (Lipinski definition) is 9. The van der Waals surface area contributed by atoms with Crippen LogP contribution < -0.4 is 20.4 Å². The van der Waals surface area contributed by atoms with Gasteiger partial charge in [-0.05, 0) is 43.9 Å². The number of thiazole rings is 1. The van der Waals surface area contributed by atoms with E-state index >= 15 is 0 Å². The topological polar surface area (TPSA) is 111 Å². The van der Waals surface area contributed by atoms with E-state index < -0.39 is 5.97 Å². The molecule has 0 aliphatic carbocycles. The van der Waals surface area contributed by atoms with Gasteiger partial charge >= 0.3 is 5.97 Å². The number of rotatable bonds is 6. The van der Waals surface area contributed by atoms with E-state index in [1.54, 1.807) is 6.07 Å². The molecule has 0 aromatic carbocycles. The number of anilines is 3. The summed E-state index contributed by atoms with van der Waals surface area (Å²) in [5, 5.41) is 20.2. The number of fused-ring (bicyclic) bond motifs is 1. The number of pyridine rings is 1. The number of hydrogen-bond donors (Lipinski definition) is 3. The lowest BCUT2D eigenvalue weighted by atomic mass is 9.97. The zero-order valence-corrected chi connectivity index (χ0v) is 23.5. The Hall–Kier alpha value is -2.44. The van der Waals surface area contributed by atoms with Gasteiger partial charge in [-0.25, -0.2) is 9.97 Å². The second-order valence-corrected chi connectivity index (χ2v) is 12.6. The number of carboxylic acids is 1. The highest BCUT2D eigenvalue weighted by atomic mass is 35.5. The monoisotopic (exact) mass is 592 g/mol. The van der Waals surface area contributed by atoms with Gasteiger partial charge in [0.05, 0.1) is 26.4 Å². The maximum Gasteiger partial charge on any atom is 0.306 e. The number of aromatic nitrogens is 2. The molecule has 3 N–H and O–H groups in total. The Morgan fingerprint density at radius 2 is 1.95 bits per heavy atom. The van der Waals surface area contributed by atoms with E-state index in [2.05, 4.69) is 20.5 Å². The minimum Gasteiger partial charge on any atom is -0.481 e. The quantitative estimate of drug-likeness (QED) is 0.370. The number of halogens is 2. The van der Waals surface area contributed by atoms with Crippen molar-refractivity contribution in [2.45, 2.75) is 25.3 Å². The number of carbonyl (C=O) groups is 2. The van der Waals surface area contributed by atoms with Crippen LogP contribution in [0.5, 0.6) is 0 Å². The normalized spacial score (nSPS) is 21.6. The maximum atomic E-state index is 13.1. The minimum atomic E-state index is -0.768. The van der Waals surface area contributed by atoms with Crippen LogP contribution in [0.1, 0.15) is 29.6 Å². The van der Waals surface area contributed by atoms with Crippen LogP contribution in [0.4, 0.5) is 16.0 Å². The van der Waals surface area contributed by atoms with Crippen LogP contribution in [0.2, 0.25) is 10.0 Å². The molecule has 3 aromatic heterocycles. The van der Waals surface area contributed by atoms with E-state index in [9.17, 15) is 14.7 Å². The van der Waals surface area contributed by atoms with Crippen LogP contribution in [0, 0.1) is 11.8 Å². The zero-order valence-electron chi connectivity index (χ0n) is 20.3. The van der Waals surface area contributed by atoms with Crippen molar-refractivity contribution in [2.24, 2.45) is 11.8 Å². The number of amides is 1. The molecule has 3 aliphatic heterocycles.